The minimum absolute atomic E-state index is 0.0125. The highest BCUT2D eigenvalue weighted by atomic mass is 35.5. The number of nitrogens with one attached hydrogen (secondary N) is 1. The van der Waals surface area contributed by atoms with Crippen molar-refractivity contribution in [2.24, 2.45) is 5.92 Å². The fourth-order valence-corrected chi connectivity index (χ4v) is 3.56. The van der Waals surface area contributed by atoms with Crippen LogP contribution in [0.25, 0.3) is 0 Å². The third-order valence-electron chi connectivity index (χ3n) is 4.52. The normalized spacial score (nSPS) is 25.6. The van der Waals surface area contributed by atoms with E-state index in [0.717, 1.165) is 18.7 Å². The maximum Gasteiger partial charge on any atom is 0.228 e. The van der Waals surface area contributed by atoms with Crippen LogP contribution in [0.2, 0.25) is 5.02 Å². The van der Waals surface area contributed by atoms with Crippen LogP contribution in [0.1, 0.15) is 18.0 Å². The van der Waals surface area contributed by atoms with E-state index in [1.54, 1.807) is 18.0 Å². The number of benzene rings is 1. The zero-order valence-electron chi connectivity index (χ0n) is 12.6. The Morgan fingerprint density at radius 2 is 2.05 bits per heavy atom. The van der Waals surface area contributed by atoms with Crippen molar-refractivity contribution >= 4 is 23.4 Å². The molecule has 6 heteroatoms. The predicted octanol–water partition coefficient (Wildman–Crippen LogP) is 1.29. The molecule has 0 radical (unpaired) electrons. The van der Waals surface area contributed by atoms with Gasteiger partial charge in [-0.25, -0.2) is 0 Å². The summed E-state index contributed by atoms with van der Waals surface area (Å²) in [5.41, 5.74) is 0.925. The first kappa shape index (κ1) is 15.3. The van der Waals surface area contributed by atoms with E-state index in [1.165, 1.54) is 0 Å². The molecule has 2 saturated heterocycles. The average Bonchev–Trinajstić information content (AvgIpc) is 2.83. The Morgan fingerprint density at radius 1 is 1.32 bits per heavy atom. The van der Waals surface area contributed by atoms with Crippen molar-refractivity contribution in [3.8, 4) is 0 Å². The van der Waals surface area contributed by atoms with Crippen LogP contribution in [0.3, 0.4) is 0 Å². The van der Waals surface area contributed by atoms with Crippen LogP contribution in [0.15, 0.2) is 24.3 Å². The van der Waals surface area contributed by atoms with Crippen LogP contribution >= 0.6 is 11.6 Å². The van der Waals surface area contributed by atoms with Gasteiger partial charge in [0.05, 0.1) is 12.0 Å². The van der Waals surface area contributed by atoms with Gasteiger partial charge in [0.25, 0.3) is 0 Å². The molecule has 22 heavy (non-hydrogen) atoms. The molecule has 2 heterocycles. The lowest BCUT2D eigenvalue weighted by Crippen LogP contribution is -2.49. The van der Waals surface area contributed by atoms with Gasteiger partial charge in [-0.1, -0.05) is 23.7 Å². The number of amides is 2. The number of likely N-dealkylation sites (tertiary alicyclic amines) is 1. The summed E-state index contributed by atoms with van der Waals surface area (Å²) in [5.74, 6) is -0.239. The first-order valence-electron chi connectivity index (χ1n) is 7.58. The molecular weight excluding hydrogens is 302 g/mol. The summed E-state index contributed by atoms with van der Waals surface area (Å²) >= 11 is 6.08. The van der Waals surface area contributed by atoms with Crippen molar-refractivity contribution in [3.63, 3.8) is 0 Å². The Kier molecular flexibility index (Phi) is 4.36. The lowest BCUT2D eigenvalue weighted by molar-refractivity contribution is -0.137. The van der Waals surface area contributed by atoms with Crippen LogP contribution in [0.4, 0.5) is 0 Å². The van der Waals surface area contributed by atoms with Gasteiger partial charge in [-0.3, -0.25) is 9.59 Å². The molecule has 2 aliphatic rings. The number of carbonyl (C=O) groups excluding carboxylic acids is 2. The smallest absolute Gasteiger partial charge is 0.228 e. The molecule has 2 amide bonds. The monoisotopic (exact) mass is 321 g/mol. The molecule has 118 valence electrons. The lowest BCUT2D eigenvalue weighted by Gasteiger charge is -2.32. The largest absolute Gasteiger partial charge is 0.340 e. The molecule has 1 N–H and O–H groups in total. The van der Waals surface area contributed by atoms with E-state index >= 15 is 0 Å². The number of nitrogens with zero attached hydrogens (tertiary/aromatic N) is 2. The van der Waals surface area contributed by atoms with Crippen molar-refractivity contribution in [1.29, 1.82) is 0 Å². The minimum Gasteiger partial charge on any atom is -0.340 e. The first-order chi connectivity index (χ1) is 10.6. The molecule has 0 saturated carbocycles. The molecule has 0 bridgehead atoms. The number of rotatable bonds is 2. The molecule has 5 nitrogen and oxygen atoms in total. The van der Waals surface area contributed by atoms with E-state index in [1.807, 2.05) is 23.1 Å². The van der Waals surface area contributed by atoms with Gasteiger partial charge in [-0.15, -0.1) is 0 Å². The van der Waals surface area contributed by atoms with E-state index in [0.29, 0.717) is 18.1 Å². The van der Waals surface area contributed by atoms with E-state index in [4.69, 9.17) is 11.6 Å². The number of hydrogen-bond donors (Lipinski definition) is 1. The summed E-state index contributed by atoms with van der Waals surface area (Å²) in [6, 6.07) is 7.21. The zero-order chi connectivity index (χ0) is 15.7. The summed E-state index contributed by atoms with van der Waals surface area (Å²) in [7, 11) is 1.76. The predicted molar refractivity (Wildman–Crippen MR) is 84.5 cm³/mol. The fourth-order valence-electron chi connectivity index (χ4n) is 3.36. The summed E-state index contributed by atoms with van der Waals surface area (Å²) < 4.78 is 0. The van der Waals surface area contributed by atoms with Gasteiger partial charge in [-0.05, 0) is 17.7 Å². The third kappa shape index (κ3) is 2.83. The Bertz CT molecular complexity index is 587. The van der Waals surface area contributed by atoms with Gasteiger partial charge in [0.2, 0.25) is 11.8 Å². The summed E-state index contributed by atoms with van der Waals surface area (Å²) in [4.78, 5) is 28.5. The average molecular weight is 322 g/mol. The summed E-state index contributed by atoms with van der Waals surface area (Å²) in [6.07, 6.45) is 0.274. The highest BCUT2D eigenvalue weighted by Gasteiger charge is 2.44. The van der Waals surface area contributed by atoms with Gasteiger partial charge in [-0.2, -0.15) is 0 Å². The highest BCUT2D eigenvalue weighted by Crippen LogP contribution is 2.38. The van der Waals surface area contributed by atoms with Gasteiger partial charge in [0, 0.05) is 44.7 Å². The Balaban J connectivity index is 1.87. The topological polar surface area (TPSA) is 52.7 Å². The molecule has 2 aliphatic heterocycles. The maximum atomic E-state index is 12.8. The number of piperazine rings is 1. The molecule has 2 atom stereocenters. The van der Waals surface area contributed by atoms with Gasteiger partial charge < -0.3 is 15.1 Å². The van der Waals surface area contributed by atoms with Crippen molar-refractivity contribution in [3.05, 3.63) is 34.9 Å². The van der Waals surface area contributed by atoms with Gasteiger partial charge >= 0.3 is 0 Å². The number of halogens is 1. The Hall–Kier alpha value is -1.59. The van der Waals surface area contributed by atoms with Gasteiger partial charge in [0.15, 0.2) is 0 Å². The molecule has 3 rings (SSSR count). The quantitative estimate of drug-likeness (QED) is 0.893. The molecule has 0 spiro atoms. The molecule has 0 aromatic heterocycles. The minimum atomic E-state index is -0.325. The van der Waals surface area contributed by atoms with Crippen molar-refractivity contribution in [1.82, 2.24) is 15.1 Å². The van der Waals surface area contributed by atoms with E-state index in [2.05, 4.69) is 5.32 Å². The summed E-state index contributed by atoms with van der Waals surface area (Å²) in [6.45, 7) is 3.03. The van der Waals surface area contributed by atoms with Crippen LogP contribution in [0.5, 0.6) is 0 Å². The van der Waals surface area contributed by atoms with Crippen LogP contribution in [-0.4, -0.2) is 54.8 Å². The molecule has 1 aromatic rings. The van der Waals surface area contributed by atoms with Crippen LogP contribution in [-0.2, 0) is 9.59 Å². The van der Waals surface area contributed by atoms with E-state index in [-0.39, 0.29) is 30.2 Å². The maximum absolute atomic E-state index is 12.8. The molecule has 2 fully saturated rings. The Labute approximate surface area is 135 Å². The number of hydrogen-bond acceptors (Lipinski definition) is 3. The molecular formula is C16H20ClN3O2. The third-order valence-corrected chi connectivity index (χ3v) is 4.76. The van der Waals surface area contributed by atoms with Crippen molar-refractivity contribution in [2.45, 2.75) is 12.5 Å². The van der Waals surface area contributed by atoms with Crippen molar-refractivity contribution in [2.75, 3.05) is 33.2 Å². The molecule has 2 unspecified atom stereocenters. The summed E-state index contributed by atoms with van der Waals surface area (Å²) in [5, 5.41) is 3.86. The molecule has 1 aromatic carbocycles. The van der Waals surface area contributed by atoms with E-state index < -0.39 is 0 Å². The molecule has 0 aliphatic carbocycles. The first-order valence-corrected chi connectivity index (χ1v) is 7.96. The number of carbonyl (C=O) groups is 2. The van der Waals surface area contributed by atoms with Gasteiger partial charge in [0.1, 0.15) is 0 Å². The second-order valence-corrected chi connectivity index (χ2v) is 6.33. The second kappa shape index (κ2) is 6.26. The van der Waals surface area contributed by atoms with E-state index in [9.17, 15) is 9.59 Å². The second-order valence-electron chi connectivity index (χ2n) is 5.89. The van der Waals surface area contributed by atoms with Crippen LogP contribution in [0, 0.1) is 5.92 Å². The highest BCUT2D eigenvalue weighted by molar-refractivity contribution is 6.30. The SMILES string of the molecule is CN1C(=O)CC(C(=O)N2CCNCC2)C1c1cccc(Cl)c1. The zero-order valence-corrected chi connectivity index (χ0v) is 13.3. The Morgan fingerprint density at radius 3 is 2.73 bits per heavy atom. The van der Waals surface area contributed by atoms with Crippen LogP contribution < -0.4 is 5.32 Å². The lowest BCUT2D eigenvalue weighted by atomic mass is 9.92. The standard InChI is InChI=1S/C16H20ClN3O2/c1-19-14(21)10-13(16(22)20-7-5-18-6-8-20)15(19)11-3-2-4-12(17)9-11/h2-4,9,13,15,18H,5-8,10H2,1H3. The van der Waals surface area contributed by atoms with Crippen molar-refractivity contribution < 1.29 is 9.59 Å². The fraction of sp³-hybridized carbons (Fsp3) is 0.500.